The maximum Gasteiger partial charge on any atom is 0.166 e. The summed E-state index contributed by atoms with van der Waals surface area (Å²) < 4.78 is 20.1. The molecule has 0 heterocycles. The van der Waals surface area contributed by atoms with Crippen LogP contribution in [0.5, 0.6) is 11.5 Å². The Morgan fingerprint density at radius 3 is 2.18 bits per heavy atom. The Bertz CT molecular complexity index is 858. The van der Waals surface area contributed by atoms with Crippen LogP contribution in [-0.4, -0.2) is 5.78 Å². The zero-order chi connectivity index (χ0) is 19.3. The third-order valence-corrected chi connectivity index (χ3v) is 7.29. The van der Waals surface area contributed by atoms with Crippen molar-refractivity contribution in [3.63, 3.8) is 0 Å². The highest BCUT2D eigenvalue weighted by Gasteiger charge is 2.48. The van der Waals surface area contributed by atoms with Gasteiger partial charge < -0.3 is 4.74 Å². The number of ether oxygens (including phenoxy) is 1. The second-order valence-electron chi connectivity index (χ2n) is 9.05. The summed E-state index contributed by atoms with van der Waals surface area (Å²) in [5.41, 5.74) is 1.81. The Kier molecular flexibility index (Phi) is 4.49. The summed E-state index contributed by atoms with van der Waals surface area (Å²) in [5, 5.41) is 0. The summed E-state index contributed by atoms with van der Waals surface area (Å²) in [5.74, 6) is 4.59. The van der Waals surface area contributed by atoms with E-state index in [9.17, 15) is 9.18 Å². The molecular weight excluding hydrogens is 351 g/mol. The van der Waals surface area contributed by atoms with Crippen molar-refractivity contribution in [2.24, 2.45) is 23.7 Å². The summed E-state index contributed by atoms with van der Waals surface area (Å²) in [7, 11) is 0. The number of halogens is 1. The Hall–Kier alpha value is -2.16. The normalized spacial score (nSPS) is 30.4. The van der Waals surface area contributed by atoms with Gasteiger partial charge in [-0.05, 0) is 97.6 Å². The molecule has 4 aliphatic rings. The van der Waals surface area contributed by atoms with E-state index in [0.717, 1.165) is 23.7 Å². The van der Waals surface area contributed by atoms with E-state index < -0.39 is 5.82 Å². The van der Waals surface area contributed by atoms with Crippen LogP contribution in [0.4, 0.5) is 4.39 Å². The molecule has 0 radical (unpaired) electrons. The van der Waals surface area contributed by atoms with Gasteiger partial charge in [-0.15, -0.1) is 0 Å². The molecule has 0 N–H and O–H groups in total. The van der Waals surface area contributed by atoms with Gasteiger partial charge in [0.05, 0.1) is 0 Å². The first-order valence-corrected chi connectivity index (χ1v) is 10.7. The van der Waals surface area contributed by atoms with Gasteiger partial charge in [0.15, 0.2) is 17.3 Å². The average Bonchev–Trinajstić information content (AvgIpc) is 2.69. The SMILES string of the molecule is CCC(=O)c1ccc(Oc2ccc(C3C4CC5CC(C4)CC3C5)cc2)c(F)c1. The Balaban J connectivity index is 1.31. The smallest absolute Gasteiger partial charge is 0.166 e. The molecule has 2 aromatic rings. The molecular formula is C25H27FO2. The van der Waals surface area contributed by atoms with Gasteiger partial charge in [0.1, 0.15) is 5.75 Å². The molecule has 0 aliphatic heterocycles. The van der Waals surface area contributed by atoms with Crippen molar-refractivity contribution < 1.29 is 13.9 Å². The van der Waals surface area contributed by atoms with Crippen molar-refractivity contribution in [3.05, 3.63) is 59.4 Å². The molecule has 4 aliphatic carbocycles. The quantitative estimate of drug-likeness (QED) is 0.538. The van der Waals surface area contributed by atoms with E-state index in [1.807, 2.05) is 12.1 Å². The number of Topliss-reactive ketones (excluding diaryl/α,β-unsaturated/α-hetero) is 1. The lowest BCUT2D eigenvalue weighted by Crippen LogP contribution is -2.43. The molecule has 146 valence electrons. The number of ketones is 1. The summed E-state index contributed by atoms with van der Waals surface area (Å²) in [6.45, 7) is 1.77. The zero-order valence-corrected chi connectivity index (χ0v) is 16.4. The fourth-order valence-electron chi connectivity index (χ4n) is 6.32. The number of carbonyl (C=O) groups excluding carboxylic acids is 1. The Labute approximate surface area is 166 Å². The van der Waals surface area contributed by atoms with E-state index in [-0.39, 0.29) is 11.5 Å². The Morgan fingerprint density at radius 2 is 1.61 bits per heavy atom. The van der Waals surface area contributed by atoms with Crippen LogP contribution in [0, 0.1) is 29.5 Å². The summed E-state index contributed by atoms with van der Waals surface area (Å²) in [6, 6.07) is 12.7. The molecule has 28 heavy (non-hydrogen) atoms. The van der Waals surface area contributed by atoms with E-state index >= 15 is 0 Å². The van der Waals surface area contributed by atoms with Gasteiger partial charge in [0.2, 0.25) is 0 Å². The largest absolute Gasteiger partial charge is 0.454 e. The fourth-order valence-corrected chi connectivity index (χ4v) is 6.32. The lowest BCUT2D eigenvalue weighted by molar-refractivity contribution is -0.00279. The highest BCUT2D eigenvalue weighted by Crippen LogP contribution is 2.59. The van der Waals surface area contributed by atoms with Gasteiger partial charge in [0, 0.05) is 12.0 Å². The first-order chi connectivity index (χ1) is 13.6. The molecule has 2 nitrogen and oxygen atoms in total. The average molecular weight is 378 g/mol. The van der Waals surface area contributed by atoms with Crippen molar-refractivity contribution in [1.82, 2.24) is 0 Å². The molecule has 0 saturated heterocycles. The van der Waals surface area contributed by atoms with E-state index in [4.69, 9.17) is 4.74 Å². The molecule has 4 saturated carbocycles. The van der Waals surface area contributed by atoms with Gasteiger partial charge in [-0.25, -0.2) is 4.39 Å². The maximum atomic E-state index is 14.3. The number of carbonyl (C=O) groups is 1. The molecule has 6 rings (SSSR count). The van der Waals surface area contributed by atoms with Crippen LogP contribution < -0.4 is 4.74 Å². The molecule has 4 fully saturated rings. The molecule has 0 atom stereocenters. The maximum absolute atomic E-state index is 14.3. The number of rotatable bonds is 5. The summed E-state index contributed by atoms with van der Waals surface area (Å²) in [6.07, 6.45) is 7.47. The first-order valence-electron chi connectivity index (χ1n) is 10.7. The minimum absolute atomic E-state index is 0.0644. The highest BCUT2D eigenvalue weighted by molar-refractivity contribution is 5.95. The highest BCUT2D eigenvalue weighted by atomic mass is 19.1. The topological polar surface area (TPSA) is 26.3 Å². The van der Waals surface area contributed by atoms with Crippen molar-refractivity contribution in [1.29, 1.82) is 0 Å². The van der Waals surface area contributed by atoms with E-state index in [0.29, 0.717) is 23.7 Å². The summed E-state index contributed by atoms with van der Waals surface area (Å²) in [4.78, 5) is 11.7. The van der Waals surface area contributed by atoms with Gasteiger partial charge >= 0.3 is 0 Å². The minimum atomic E-state index is -0.496. The standard InChI is InChI=1S/C25H27FO2/c1-2-23(27)18-5-8-24(22(26)14-18)28-21-6-3-17(4-7-21)25-19-10-15-9-16(12-19)13-20(25)11-15/h3-8,14-16,19-20,25H,2,9-13H2,1H3. The third-order valence-electron chi connectivity index (χ3n) is 7.29. The third kappa shape index (κ3) is 3.15. The molecule has 0 spiro atoms. The lowest BCUT2D eigenvalue weighted by Gasteiger charge is -2.54. The van der Waals surface area contributed by atoms with Crippen LogP contribution >= 0.6 is 0 Å². The van der Waals surface area contributed by atoms with Crippen LogP contribution in [-0.2, 0) is 0 Å². The van der Waals surface area contributed by atoms with Crippen LogP contribution in [0.25, 0.3) is 0 Å². The van der Waals surface area contributed by atoms with Gasteiger partial charge in [-0.2, -0.15) is 0 Å². The second kappa shape index (κ2) is 7.02. The number of hydrogen-bond donors (Lipinski definition) is 0. The molecule has 0 unspecified atom stereocenters. The number of benzene rings is 2. The lowest BCUT2D eigenvalue weighted by atomic mass is 9.51. The van der Waals surface area contributed by atoms with E-state index in [1.54, 1.807) is 19.1 Å². The number of hydrogen-bond acceptors (Lipinski definition) is 2. The van der Waals surface area contributed by atoms with E-state index in [2.05, 4.69) is 12.1 Å². The van der Waals surface area contributed by atoms with Gasteiger partial charge in [-0.3, -0.25) is 4.79 Å². The van der Waals surface area contributed by atoms with Crippen molar-refractivity contribution in [2.75, 3.05) is 0 Å². The van der Waals surface area contributed by atoms with Crippen molar-refractivity contribution in [2.45, 2.75) is 51.4 Å². The van der Waals surface area contributed by atoms with Crippen LogP contribution in [0.15, 0.2) is 42.5 Å². The monoisotopic (exact) mass is 378 g/mol. The van der Waals surface area contributed by atoms with Crippen molar-refractivity contribution in [3.8, 4) is 11.5 Å². The fraction of sp³-hybridized carbons (Fsp3) is 0.480. The first kappa shape index (κ1) is 17.9. The van der Waals surface area contributed by atoms with Crippen LogP contribution in [0.2, 0.25) is 0 Å². The second-order valence-corrected chi connectivity index (χ2v) is 9.05. The Morgan fingerprint density at radius 1 is 0.964 bits per heavy atom. The van der Waals surface area contributed by atoms with Crippen LogP contribution in [0.1, 0.15) is 67.3 Å². The minimum Gasteiger partial charge on any atom is -0.454 e. The van der Waals surface area contributed by atoms with E-state index in [1.165, 1.54) is 43.7 Å². The zero-order valence-electron chi connectivity index (χ0n) is 16.4. The van der Waals surface area contributed by atoms with Gasteiger partial charge in [-0.1, -0.05) is 19.1 Å². The predicted octanol–water partition coefficient (Wildman–Crippen LogP) is 6.75. The molecule has 0 amide bonds. The van der Waals surface area contributed by atoms with Crippen LogP contribution in [0.3, 0.4) is 0 Å². The van der Waals surface area contributed by atoms with Gasteiger partial charge in [0.25, 0.3) is 0 Å². The summed E-state index contributed by atoms with van der Waals surface area (Å²) >= 11 is 0. The van der Waals surface area contributed by atoms with Crippen molar-refractivity contribution >= 4 is 5.78 Å². The molecule has 4 bridgehead atoms. The molecule has 2 aromatic carbocycles. The predicted molar refractivity (Wildman–Crippen MR) is 107 cm³/mol. The molecule has 0 aromatic heterocycles. The molecule has 3 heteroatoms.